The lowest BCUT2D eigenvalue weighted by Crippen LogP contribution is -2.29. The van der Waals surface area contributed by atoms with Gasteiger partial charge in [0.15, 0.2) is 0 Å². The molecule has 1 N–H and O–H groups in total. The van der Waals surface area contributed by atoms with Crippen molar-refractivity contribution < 1.29 is 4.39 Å². The zero-order valence-electron chi connectivity index (χ0n) is 11.4. The van der Waals surface area contributed by atoms with E-state index < -0.39 is 0 Å². The van der Waals surface area contributed by atoms with Gasteiger partial charge in [-0.3, -0.25) is 0 Å². The molecule has 1 fully saturated rings. The topological polar surface area (TPSA) is 15.3 Å². The summed E-state index contributed by atoms with van der Waals surface area (Å²) >= 11 is 0. The van der Waals surface area contributed by atoms with Crippen LogP contribution in [-0.2, 0) is 6.54 Å². The molecule has 100 valence electrons. The summed E-state index contributed by atoms with van der Waals surface area (Å²) in [6, 6.07) is 5.96. The van der Waals surface area contributed by atoms with Gasteiger partial charge in [-0.25, -0.2) is 4.39 Å². The first-order valence-corrected chi connectivity index (χ1v) is 6.96. The van der Waals surface area contributed by atoms with Gasteiger partial charge < -0.3 is 10.2 Å². The standard InChI is InChI=1S/C15H23FN2/c1-3-4-10-18(13-8-9-13)15-12(11-17-2)6-5-7-14(15)16/h5-7,13,17H,3-4,8-11H2,1-2H3. The number of nitrogens with one attached hydrogen (secondary N) is 1. The minimum atomic E-state index is -0.0780. The number of unbranched alkanes of at least 4 members (excludes halogenated alkanes) is 1. The summed E-state index contributed by atoms with van der Waals surface area (Å²) in [6.45, 7) is 3.88. The lowest BCUT2D eigenvalue weighted by atomic mass is 10.1. The molecule has 0 radical (unpaired) electrons. The Kier molecular flexibility index (Phi) is 4.59. The first kappa shape index (κ1) is 13.3. The van der Waals surface area contributed by atoms with Crippen LogP contribution in [0.3, 0.4) is 0 Å². The molecule has 18 heavy (non-hydrogen) atoms. The quantitative estimate of drug-likeness (QED) is 0.798. The van der Waals surface area contributed by atoms with E-state index in [2.05, 4.69) is 17.1 Å². The maximum Gasteiger partial charge on any atom is 0.146 e. The maximum absolute atomic E-state index is 14.2. The Morgan fingerprint density at radius 3 is 2.78 bits per heavy atom. The Balaban J connectivity index is 2.26. The van der Waals surface area contributed by atoms with Crippen molar-refractivity contribution in [2.24, 2.45) is 0 Å². The van der Waals surface area contributed by atoms with Crippen molar-refractivity contribution in [2.45, 2.75) is 45.2 Å². The lowest BCUT2D eigenvalue weighted by molar-refractivity contribution is 0.604. The first-order valence-electron chi connectivity index (χ1n) is 6.96. The Morgan fingerprint density at radius 1 is 1.39 bits per heavy atom. The number of anilines is 1. The molecule has 1 aliphatic rings. The molecule has 1 aliphatic carbocycles. The number of halogens is 1. The molecular weight excluding hydrogens is 227 g/mol. The fourth-order valence-corrected chi connectivity index (χ4v) is 2.41. The summed E-state index contributed by atoms with van der Waals surface area (Å²) in [5, 5.41) is 3.13. The van der Waals surface area contributed by atoms with Crippen molar-refractivity contribution in [2.75, 3.05) is 18.5 Å². The molecular formula is C15H23FN2. The number of para-hydroxylation sites is 1. The lowest BCUT2D eigenvalue weighted by Gasteiger charge is -2.27. The van der Waals surface area contributed by atoms with Crippen molar-refractivity contribution >= 4 is 5.69 Å². The molecule has 1 aromatic carbocycles. The Hall–Kier alpha value is -1.09. The van der Waals surface area contributed by atoms with Crippen LogP contribution in [0.5, 0.6) is 0 Å². The highest BCUT2D eigenvalue weighted by atomic mass is 19.1. The molecule has 2 rings (SSSR count). The average Bonchev–Trinajstić information content (AvgIpc) is 3.17. The highest BCUT2D eigenvalue weighted by molar-refractivity contribution is 5.56. The maximum atomic E-state index is 14.2. The molecule has 0 spiro atoms. The Bertz CT molecular complexity index is 388. The minimum Gasteiger partial charge on any atom is -0.366 e. The van der Waals surface area contributed by atoms with E-state index in [1.165, 1.54) is 12.8 Å². The van der Waals surface area contributed by atoms with Crippen LogP contribution in [0.1, 0.15) is 38.2 Å². The summed E-state index contributed by atoms with van der Waals surface area (Å²) in [5.74, 6) is -0.0780. The first-order chi connectivity index (χ1) is 8.77. The third-order valence-corrected chi connectivity index (χ3v) is 3.47. The molecule has 0 amide bonds. The second kappa shape index (κ2) is 6.19. The van der Waals surface area contributed by atoms with Gasteiger partial charge >= 0.3 is 0 Å². The molecule has 0 unspecified atom stereocenters. The van der Waals surface area contributed by atoms with Gasteiger partial charge in [-0.1, -0.05) is 25.5 Å². The molecule has 0 heterocycles. The van der Waals surface area contributed by atoms with E-state index >= 15 is 0 Å². The summed E-state index contributed by atoms with van der Waals surface area (Å²) in [5.41, 5.74) is 1.89. The number of hydrogen-bond acceptors (Lipinski definition) is 2. The van der Waals surface area contributed by atoms with Crippen LogP contribution in [-0.4, -0.2) is 19.6 Å². The zero-order valence-corrected chi connectivity index (χ0v) is 11.4. The summed E-state index contributed by atoms with van der Waals surface area (Å²) in [4.78, 5) is 2.28. The molecule has 0 aliphatic heterocycles. The van der Waals surface area contributed by atoms with E-state index in [4.69, 9.17) is 0 Å². The average molecular weight is 250 g/mol. The van der Waals surface area contributed by atoms with Crippen LogP contribution in [0.4, 0.5) is 10.1 Å². The molecule has 0 saturated heterocycles. The predicted octanol–water partition coefficient (Wildman–Crippen LogP) is 3.31. The van der Waals surface area contributed by atoms with E-state index in [0.717, 1.165) is 37.2 Å². The third-order valence-electron chi connectivity index (χ3n) is 3.47. The van der Waals surface area contributed by atoms with Crippen molar-refractivity contribution in [3.05, 3.63) is 29.6 Å². The molecule has 1 saturated carbocycles. The van der Waals surface area contributed by atoms with Gasteiger partial charge in [0, 0.05) is 19.1 Å². The molecule has 1 aromatic rings. The Labute approximate surface area is 109 Å². The van der Waals surface area contributed by atoms with Crippen LogP contribution < -0.4 is 10.2 Å². The summed E-state index contributed by atoms with van der Waals surface area (Å²) in [6.07, 6.45) is 4.69. The van der Waals surface area contributed by atoms with Crippen LogP contribution >= 0.6 is 0 Å². The second-order valence-electron chi connectivity index (χ2n) is 5.06. The van der Waals surface area contributed by atoms with E-state index in [0.29, 0.717) is 6.04 Å². The van der Waals surface area contributed by atoms with Crippen molar-refractivity contribution in [1.82, 2.24) is 5.32 Å². The number of nitrogens with zero attached hydrogens (tertiary/aromatic N) is 1. The van der Waals surface area contributed by atoms with Crippen molar-refractivity contribution in [3.8, 4) is 0 Å². The van der Waals surface area contributed by atoms with Gasteiger partial charge in [0.05, 0.1) is 5.69 Å². The summed E-state index contributed by atoms with van der Waals surface area (Å²) < 4.78 is 14.2. The molecule has 2 nitrogen and oxygen atoms in total. The second-order valence-corrected chi connectivity index (χ2v) is 5.06. The number of benzene rings is 1. The van der Waals surface area contributed by atoms with E-state index in [-0.39, 0.29) is 5.82 Å². The fraction of sp³-hybridized carbons (Fsp3) is 0.600. The largest absolute Gasteiger partial charge is 0.366 e. The van der Waals surface area contributed by atoms with Gasteiger partial charge in [0.1, 0.15) is 5.82 Å². The highest BCUT2D eigenvalue weighted by Gasteiger charge is 2.31. The van der Waals surface area contributed by atoms with E-state index in [1.807, 2.05) is 13.1 Å². The molecule has 0 atom stereocenters. The predicted molar refractivity (Wildman–Crippen MR) is 74.4 cm³/mol. The number of rotatable bonds is 7. The van der Waals surface area contributed by atoms with Crippen molar-refractivity contribution in [3.63, 3.8) is 0 Å². The Morgan fingerprint density at radius 2 is 2.17 bits per heavy atom. The molecule has 0 bridgehead atoms. The molecule has 3 heteroatoms. The van der Waals surface area contributed by atoms with Gasteiger partial charge in [0.25, 0.3) is 0 Å². The van der Waals surface area contributed by atoms with Crippen LogP contribution in [0.15, 0.2) is 18.2 Å². The molecule has 0 aromatic heterocycles. The van der Waals surface area contributed by atoms with Crippen LogP contribution in [0.2, 0.25) is 0 Å². The normalized spacial score (nSPS) is 14.8. The third kappa shape index (κ3) is 3.02. The summed E-state index contributed by atoms with van der Waals surface area (Å²) in [7, 11) is 1.90. The van der Waals surface area contributed by atoms with Crippen molar-refractivity contribution in [1.29, 1.82) is 0 Å². The van der Waals surface area contributed by atoms with E-state index in [1.54, 1.807) is 12.1 Å². The fourth-order valence-electron chi connectivity index (χ4n) is 2.41. The van der Waals surface area contributed by atoms with E-state index in [9.17, 15) is 4.39 Å². The van der Waals surface area contributed by atoms with Gasteiger partial charge in [-0.05, 0) is 37.9 Å². The zero-order chi connectivity index (χ0) is 13.0. The highest BCUT2D eigenvalue weighted by Crippen LogP contribution is 2.35. The monoisotopic (exact) mass is 250 g/mol. The van der Waals surface area contributed by atoms with Gasteiger partial charge in [-0.2, -0.15) is 0 Å². The minimum absolute atomic E-state index is 0.0780. The van der Waals surface area contributed by atoms with Gasteiger partial charge in [0.2, 0.25) is 0 Å². The van der Waals surface area contributed by atoms with Crippen LogP contribution in [0.25, 0.3) is 0 Å². The van der Waals surface area contributed by atoms with Gasteiger partial charge in [-0.15, -0.1) is 0 Å². The van der Waals surface area contributed by atoms with Crippen LogP contribution in [0, 0.1) is 5.82 Å². The smallest absolute Gasteiger partial charge is 0.146 e. The number of hydrogen-bond donors (Lipinski definition) is 1. The SMILES string of the molecule is CCCCN(c1c(F)cccc1CNC)C1CC1.